The van der Waals surface area contributed by atoms with E-state index >= 15 is 0 Å². The number of para-hydroxylation sites is 2. The number of nitrogens with zero attached hydrogens (tertiary/aromatic N) is 2. The first-order valence-corrected chi connectivity index (χ1v) is 18.2. The third kappa shape index (κ3) is 5.02. The van der Waals surface area contributed by atoms with Crippen LogP contribution in [0.1, 0.15) is 42.4 Å². The van der Waals surface area contributed by atoms with Crippen molar-refractivity contribution in [2.75, 3.05) is 4.90 Å². The standard InChI is InChI=1S/C49H38N2/c1-33-11-9-14-36(29-33)37-15-10-16-41(30-37)51-47-20-8-6-18-43(47)45-32-39(24-28-49(45)51)38-23-27-48-44(31-38)42-17-5-7-19-46(42)50(48)40-25-21-35(22-26-40)34-12-3-2-4-13-34/h2-10,12-31,33,45H,11,32H2,1H3. The van der Waals surface area contributed by atoms with E-state index in [1.807, 2.05) is 0 Å². The number of allylic oxidation sites excluding steroid dienone is 8. The van der Waals surface area contributed by atoms with Gasteiger partial charge in [-0.05, 0) is 112 Å². The highest BCUT2D eigenvalue weighted by Gasteiger charge is 2.36. The van der Waals surface area contributed by atoms with E-state index in [1.165, 1.54) is 83.5 Å². The molecule has 0 spiro atoms. The summed E-state index contributed by atoms with van der Waals surface area (Å²) >= 11 is 0. The number of aromatic nitrogens is 1. The summed E-state index contributed by atoms with van der Waals surface area (Å²) in [5.41, 5.74) is 16.7. The van der Waals surface area contributed by atoms with Crippen LogP contribution in [-0.4, -0.2) is 4.57 Å². The molecule has 0 bridgehead atoms. The average molecular weight is 655 g/mol. The fourth-order valence-electron chi connectivity index (χ4n) is 8.56. The molecule has 10 rings (SSSR count). The average Bonchev–Trinajstić information content (AvgIpc) is 3.70. The first-order chi connectivity index (χ1) is 25.2. The summed E-state index contributed by atoms with van der Waals surface area (Å²) in [5.74, 6) is 0.872. The van der Waals surface area contributed by atoms with Crippen LogP contribution in [0.5, 0.6) is 0 Å². The maximum absolute atomic E-state index is 2.49. The molecule has 2 heteroatoms. The zero-order valence-corrected chi connectivity index (χ0v) is 28.7. The van der Waals surface area contributed by atoms with Gasteiger partial charge in [0, 0.05) is 39.4 Å². The first-order valence-electron chi connectivity index (χ1n) is 18.2. The fourth-order valence-corrected chi connectivity index (χ4v) is 8.56. The second-order valence-electron chi connectivity index (χ2n) is 14.2. The minimum atomic E-state index is 0.304. The zero-order chi connectivity index (χ0) is 33.9. The van der Waals surface area contributed by atoms with Crippen LogP contribution in [0.3, 0.4) is 0 Å². The van der Waals surface area contributed by atoms with E-state index in [0.29, 0.717) is 11.8 Å². The second kappa shape index (κ2) is 12.0. The molecule has 51 heavy (non-hydrogen) atoms. The van der Waals surface area contributed by atoms with Crippen molar-refractivity contribution in [3.8, 4) is 16.8 Å². The van der Waals surface area contributed by atoms with Crippen LogP contribution in [0.25, 0.3) is 49.8 Å². The van der Waals surface area contributed by atoms with E-state index in [2.05, 4.69) is 192 Å². The van der Waals surface area contributed by atoms with Gasteiger partial charge in [-0.1, -0.05) is 128 Å². The first kappa shape index (κ1) is 29.8. The van der Waals surface area contributed by atoms with Gasteiger partial charge in [-0.3, -0.25) is 0 Å². The predicted molar refractivity (Wildman–Crippen MR) is 216 cm³/mol. The highest BCUT2D eigenvalue weighted by Crippen LogP contribution is 2.53. The molecule has 2 unspecified atom stereocenters. The van der Waals surface area contributed by atoms with E-state index < -0.39 is 0 Å². The molecule has 244 valence electrons. The zero-order valence-electron chi connectivity index (χ0n) is 28.7. The topological polar surface area (TPSA) is 8.17 Å². The molecule has 0 N–H and O–H groups in total. The van der Waals surface area contributed by atoms with Gasteiger partial charge in [0.1, 0.15) is 0 Å². The Hall–Kier alpha value is -6.12. The van der Waals surface area contributed by atoms with E-state index in [0.717, 1.165) is 12.8 Å². The molecule has 7 aromatic rings. The molecular weight excluding hydrogens is 617 g/mol. The molecule has 2 aliphatic carbocycles. The van der Waals surface area contributed by atoms with E-state index in [-0.39, 0.29) is 0 Å². The molecule has 1 aromatic heterocycles. The van der Waals surface area contributed by atoms with E-state index in [1.54, 1.807) is 0 Å². The van der Waals surface area contributed by atoms with Crippen molar-refractivity contribution in [2.24, 2.45) is 5.92 Å². The summed E-state index contributed by atoms with van der Waals surface area (Å²) in [6.07, 6.45) is 13.8. The summed E-state index contributed by atoms with van der Waals surface area (Å²) in [6.45, 7) is 2.30. The Bertz CT molecular complexity index is 2590. The monoisotopic (exact) mass is 654 g/mol. The molecule has 2 heterocycles. The molecule has 1 aliphatic heterocycles. The highest BCUT2D eigenvalue weighted by atomic mass is 15.2. The Kier molecular flexibility index (Phi) is 7.02. The fraction of sp³-hybridized carbons (Fsp3) is 0.102. The lowest BCUT2D eigenvalue weighted by molar-refractivity contribution is 0.740. The van der Waals surface area contributed by atoms with Gasteiger partial charge in [-0.15, -0.1) is 0 Å². The number of hydrogen-bond donors (Lipinski definition) is 0. The molecule has 6 aromatic carbocycles. The third-order valence-corrected chi connectivity index (χ3v) is 11.0. The SMILES string of the molecule is CC1C=C(c2cccc(N3C4=CC=C(c5ccc6c(c5)c5ccccc5n6-c5ccc(-c6ccccc6)cc5)CC4c4ccccc43)c2)C=CC1. The summed E-state index contributed by atoms with van der Waals surface area (Å²) in [5, 5.41) is 2.57. The van der Waals surface area contributed by atoms with Crippen LogP contribution >= 0.6 is 0 Å². The minimum Gasteiger partial charge on any atom is -0.313 e. The van der Waals surface area contributed by atoms with Crippen molar-refractivity contribution in [1.29, 1.82) is 0 Å². The summed E-state index contributed by atoms with van der Waals surface area (Å²) < 4.78 is 2.41. The molecule has 0 radical (unpaired) electrons. The van der Waals surface area contributed by atoms with Gasteiger partial charge in [0.2, 0.25) is 0 Å². The van der Waals surface area contributed by atoms with Gasteiger partial charge >= 0.3 is 0 Å². The summed E-state index contributed by atoms with van der Waals surface area (Å²) in [6, 6.07) is 53.5. The molecule has 3 aliphatic rings. The summed E-state index contributed by atoms with van der Waals surface area (Å²) in [4.78, 5) is 2.49. The maximum atomic E-state index is 2.49. The van der Waals surface area contributed by atoms with Crippen molar-refractivity contribution in [2.45, 2.75) is 25.7 Å². The van der Waals surface area contributed by atoms with Crippen molar-refractivity contribution in [3.05, 3.63) is 198 Å². The molecular formula is C49H38N2. The number of fused-ring (bicyclic) bond motifs is 6. The van der Waals surface area contributed by atoms with Crippen LogP contribution in [0.2, 0.25) is 0 Å². The minimum absolute atomic E-state index is 0.304. The van der Waals surface area contributed by atoms with Crippen LogP contribution in [0.15, 0.2) is 182 Å². The Labute approximate surface area is 299 Å². The van der Waals surface area contributed by atoms with E-state index in [4.69, 9.17) is 0 Å². The lowest BCUT2D eigenvalue weighted by atomic mass is 9.84. The van der Waals surface area contributed by atoms with Crippen LogP contribution in [0, 0.1) is 5.92 Å². The maximum Gasteiger partial charge on any atom is 0.0541 e. The predicted octanol–water partition coefficient (Wildman–Crippen LogP) is 13.0. The number of anilines is 2. The molecule has 0 saturated carbocycles. The Balaban J connectivity index is 1.03. The third-order valence-electron chi connectivity index (χ3n) is 11.0. The second-order valence-corrected chi connectivity index (χ2v) is 14.2. The normalized spacial score (nSPS) is 18.0. The molecule has 2 atom stereocenters. The molecule has 0 amide bonds. The quantitative estimate of drug-likeness (QED) is 0.179. The van der Waals surface area contributed by atoms with Crippen molar-refractivity contribution in [3.63, 3.8) is 0 Å². The number of rotatable bonds is 5. The van der Waals surface area contributed by atoms with E-state index in [9.17, 15) is 0 Å². The Morgan fingerprint density at radius 3 is 2.20 bits per heavy atom. The smallest absolute Gasteiger partial charge is 0.0541 e. The van der Waals surface area contributed by atoms with Crippen LogP contribution < -0.4 is 4.90 Å². The van der Waals surface area contributed by atoms with Gasteiger partial charge in [0.25, 0.3) is 0 Å². The lowest BCUT2D eigenvalue weighted by Gasteiger charge is -2.27. The van der Waals surface area contributed by atoms with Crippen molar-refractivity contribution >= 4 is 44.3 Å². The number of benzene rings is 6. The van der Waals surface area contributed by atoms with Crippen LogP contribution in [-0.2, 0) is 0 Å². The van der Waals surface area contributed by atoms with Gasteiger partial charge in [-0.2, -0.15) is 0 Å². The van der Waals surface area contributed by atoms with Crippen molar-refractivity contribution in [1.82, 2.24) is 4.57 Å². The van der Waals surface area contributed by atoms with Gasteiger partial charge in [-0.25, -0.2) is 0 Å². The van der Waals surface area contributed by atoms with Gasteiger partial charge in [0.05, 0.1) is 11.0 Å². The van der Waals surface area contributed by atoms with Gasteiger partial charge in [0.15, 0.2) is 0 Å². The summed E-state index contributed by atoms with van der Waals surface area (Å²) in [7, 11) is 0. The largest absolute Gasteiger partial charge is 0.313 e. The Morgan fingerprint density at radius 2 is 1.31 bits per heavy atom. The van der Waals surface area contributed by atoms with Gasteiger partial charge < -0.3 is 9.47 Å². The molecule has 0 fully saturated rings. The van der Waals surface area contributed by atoms with Crippen molar-refractivity contribution < 1.29 is 0 Å². The van der Waals surface area contributed by atoms with Crippen LogP contribution in [0.4, 0.5) is 11.4 Å². The number of hydrogen-bond acceptors (Lipinski definition) is 1. The highest BCUT2D eigenvalue weighted by molar-refractivity contribution is 6.10. The molecule has 0 saturated heterocycles. The molecule has 2 nitrogen and oxygen atoms in total. The Morgan fingerprint density at radius 1 is 0.569 bits per heavy atom. The lowest BCUT2D eigenvalue weighted by Crippen LogP contribution is -2.15.